The van der Waals surface area contributed by atoms with E-state index < -0.39 is 0 Å². The minimum atomic E-state index is 0.203. The van der Waals surface area contributed by atoms with Crippen LogP contribution < -0.4 is 26.6 Å². The number of hydrogen-bond donors (Lipinski definition) is 3. The minimum absolute atomic E-state index is 0.203. The standard InChI is InChI=1S/C18H33N11/c1-5-7-8-11-28(3)17-25-15(20)26-18(27-17)29(4)12-9-13-22-14(19)24-16(23-13)21-10-6-2/h5-12H2,1-4H3,(H2,20,25,26,27)(H3,19,21,22,23,24). The topological polar surface area (TPSA) is 148 Å². The zero-order valence-corrected chi connectivity index (χ0v) is 17.9. The van der Waals surface area contributed by atoms with E-state index in [0.717, 1.165) is 25.9 Å². The highest BCUT2D eigenvalue weighted by Crippen LogP contribution is 2.14. The van der Waals surface area contributed by atoms with Gasteiger partial charge in [-0.1, -0.05) is 26.7 Å². The third-order valence-corrected chi connectivity index (χ3v) is 4.31. The Morgan fingerprint density at radius 3 is 2.07 bits per heavy atom. The number of unbranched alkanes of at least 4 members (excludes halogenated alkanes) is 2. The lowest BCUT2D eigenvalue weighted by Crippen LogP contribution is -2.27. The second-order valence-electron chi connectivity index (χ2n) is 6.95. The van der Waals surface area contributed by atoms with Crippen molar-refractivity contribution in [2.75, 3.05) is 60.3 Å². The van der Waals surface area contributed by atoms with Crippen LogP contribution >= 0.6 is 0 Å². The molecule has 0 atom stereocenters. The van der Waals surface area contributed by atoms with Gasteiger partial charge in [0.25, 0.3) is 0 Å². The summed E-state index contributed by atoms with van der Waals surface area (Å²) >= 11 is 0. The van der Waals surface area contributed by atoms with Gasteiger partial charge in [0.15, 0.2) is 0 Å². The van der Waals surface area contributed by atoms with Crippen molar-refractivity contribution in [2.24, 2.45) is 0 Å². The molecule has 0 aromatic carbocycles. The quantitative estimate of drug-likeness (QED) is 0.441. The third kappa shape index (κ3) is 7.16. The summed E-state index contributed by atoms with van der Waals surface area (Å²) in [6.07, 6.45) is 4.95. The van der Waals surface area contributed by atoms with Gasteiger partial charge in [0.05, 0.1) is 0 Å². The molecule has 2 aromatic heterocycles. The Balaban J connectivity index is 2.03. The summed E-state index contributed by atoms with van der Waals surface area (Å²) in [7, 11) is 3.86. The van der Waals surface area contributed by atoms with Crippen LogP contribution in [0.25, 0.3) is 0 Å². The number of nitrogens with zero attached hydrogens (tertiary/aromatic N) is 8. The van der Waals surface area contributed by atoms with Crippen LogP contribution in [0, 0.1) is 0 Å². The second kappa shape index (κ2) is 11.1. The molecule has 0 bridgehead atoms. The summed E-state index contributed by atoms with van der Waals surface area (Å²) < 4.78 is 0. The molecule has 2 aromatic rings. The summed E-state index contributed by atoms with van der Waals surface area (Å²) in [5.41, 5.74) is 11.7. The molecular formula is C18H33N11. The van der Waals surface area contributed by atoms with E-state index in [-0.39, 0.29) is 11.9 Å². The van der Waals surface area contributed by atoms with Gasteiger partial charge in [-0.25, -0.2) is 0 Å². The molecule has 2 rings (SSSR count). The SMILES string of the molecule is CCCCCN(C)c1nc(N)nc(N(C)CCc2nc(N)nc(NCCC)n2)n1. The first-order chi connectivity index (χ1) is 13.9. The van der Waals surface area contributed by atoms with Gasteiger partial charge < -0.3 is 26.6 Å². The van der Waals surface area contributed by atoms with Gasteiger partial charge in [0, 0.05) is 40.2 Å². The molecule has 29 heavy (non-hydrogen) atoms. The van der Waals surface area contributed by atoms with Crippen LogP contribution in [0.3, 0.4) is 0 Å². The first kappa shape index (κ1) is 22.3. The molecule has 2 heterocycles. The first-order valence-electron chi connectivity index (χ1n) is 10.1. The number of nitrogens with one attached hydrogen (secondary N) is 1. The summed E-state index contributed by atoms with van der Waals surface area (Å²) in [6, 6.07) is 0. The smallest absolute Gasteiger partial charge is 0.231 e. The predicted molar refractivity (Wildman–Crippen MR) is 117 cm³/mol. The molecule has 0 aliphatic heterocycles. The summed E-state index contributed by atoms with van der Waals surface area (Å²) in [4.78, 5) is 29.7. The number of nitrogen functional groups attached to an aromatic ring is 2. The Morgan fingerprint density at radius 2 is 1.41 bits per heavy atom. The Bertz CT molecular complexity index is 767. The van der Waals surface area contributed by atoms with E-state index >= 15 is 0 Å². The number of likely N-dealkylation sites (N-methyl/N-ethyl adjacent to an activating group) is 1. The summed E-state index contributed by atoms with van der Waals surface area (Å²) in [5, 5.41) is 3.13. The van der Waals surface area contributed by atoms with Gasteiger partial charge in [0.1, 0.15) is 5.82 Å². The fourth-order valence-electron chi connectivity index (χ4n) is 2.64. The van der Waals surface area contributed by atoms with Crippen molar-refractivity contribution in [2.45, 2.75) is 46.0 Å². The number of aromatic nitrogens is 6. The van der Waals surface area contributed by atoms with E-state index in [0.29, 0.717) is 36.6 Å². The van der Waals surface area contributed by atoms with Gasteiger partial charge in [-0.15, -0.1) is 0 Å². The van der Waals surface area contributed by atoms with Crippen molar-refractivity contribution in [1.82, 2.24) is 29.9 Å². The molecule has 160 valence electrons. The molecule has 0 spiro atoms. The molecule has 0 radical (unpaired) electrons. The summed E-state index contributed by atoms with van der Waals surface area (Å²) in [6.45, 7) is 6.50. The van der Waals surface area contributed by atoms with Crippen molar-refractivity contribution in [3.8, 4) is 0 Å². The van der Waals surface area contributed by atoms with Gasteiger partial charge in [0.2, 0.25) is 29.7 Å². The molecule has 0 amide bonds. The van der Waals surface area contributed by atoms with Crippen molar-refractivity contribution in [3.63, 3.8) is 0 Å². The minimum Gasteiger partial charge on any atom is -0.368 e. The lowest BCUT2D eigenvalue weighted by molar-refractivity contribution is 0.693. The maximum atomic E-state index is 5.91. The molecule has 0 unspecified atom stereocenters. The Hall–Kier alpha value is -2.98. The van der Waals surface area contributed by atoms with E-state index in [9.17, 15) is 0 Å². The highest BCUT2D eigenvalue weighted by Gasteiger charge is 2.13. The van der Waals surface area contributed by atoms with Crippen molar-refractivity contribution in [1.29, 1.82) is 0 Å². The van der Waals surface area contributed by atoms with E-state index in [4.69, 9.17) is 11.5 Å². The van der Waals surface area contributed by atoms with Crippen LogP contribution in [0.2, 0.25) is 0 Å². The third-order valence-electron chi connectivity index (χ3n) is 4.31. The van der Waals surface area contributed by atoms with Crippen LogP contribution in [-0.4, -0.2) is 63.6 Å². The molecule has 0 saturated heterocycles. The monoisotopic (exact) mass is 403 g/mol. The molecule has 0 aliphatic rings. The highest BCUT2D eigenvalue weighted by molar-refractivity contribution is 5.42. The first-order valence-corrected chi connectivity index (χ1v) is 10.1. The zero-order valence-electron chi connectivity index (χ0n) is 17.9. The van der Waals surface area contributed by atoms with Crippen molar-refractivity contribution >= 4 is 29.7 Å². The molecule has 0 saturated carbocycles. The van der Waals surface area contributed by atoms with E-state index in [2.05, 4.69) is 49.1 Å². The summed E-state index contributed by atoms with van der Waals surface area (Å²) in [5.74, 6) is 2.61. The number of anilines is 5. The van der Waals surface area contributed by atoms with Gasteiger partial charge in [-0.3, -0.25) is 0 Å². The zero-order chi connectivity index (χ0) is 21.2. The second-order valence-corrected chi connectivity index (χ2v) is 6.95. The van der Waals surface area contributed by atoms with Gasteiger partial charge in [-0.05, 0) is 12.8 Å². The van der Waals surface area contributed by atoms with Gasteiger partial charge in [-0.2, -0.15) is 29.9 Å². The largest absolute Gasteiger partial charge is 0.368 e. The number of hydrogen-bond acceptors (Lipinski definition) is 11. The van der Waals surface area contributed by atoms with E-state index in [1.807, 2.05) is 23.9 Å². The fourth-order valence-corrected chi connectivity index (χ4v) is 2.64. The number of rotatable bonds is 12. The molecule has 11 nitrogen and oxygen atoms in total. The number of nitrogens with two attached hydrogens (primary N) is 2. The molecular weight excluding hydrogens is 370 g/mol. The van der Waals surface area contributed by atoms with Crippen LogP contribution in [-0.2, 0) is 6.42 Å². The Labute approximate surface area is 172 Å². The average molecular weight is 404 g/mol. The highest BCUT2D eigenvalue weighted by atomic mass is 15.3. The van der Waals surface area contributed by atoms with E-state index in [1.165, 1.54) is 12.8 Å². The van der Waals surface area contributed by atoms with Crippen LogP contribution in [0.1, 0.15) is 45.4 Å². The molecule has 0 fully saturated rings. The maximum Gasteiger partial charge on any atom is 0.231 e. The van der Waals surface area contributed by atoms with Crippen LogP contribution in [0.4, 0.5) is 29.7 Å². The molecule has 11 heteroatoms. The fraction of sp³-hybridized carbons (Fsp3) is 0.667. The van der Waals surface area contributed by atoms with Gasteiger partial charge >= 0.3 is 0 Å². The predicted octanol–water partition coefficient (Wildman–Crippen LogP) is 1.35. The lowest BCUT2D eigenvalue weighted by atomic mass is 10.2. The Kier molecular flexibility index (Phi) is 8.56. The van der Waals surface area contributed by atoms with Crippen molar-refractivity contribution < 1.29 is 0 Å². The maximum absolute atomic E-state index is 5.91. The Morgan fingerprint density at radius 1 is 0.759 bits per heavy atom. The molecule has 0 aliphatic carbocycles. The van der Waals surface area contributed by atoms with Crippen molar-refractivity contribution in [3.05, 3.63) is 5.82 Å². The molecule has 5 N–H and O–H groups in total. The normalized spacial score (nSPS) is 10.8. The van der Waals surface area contributed by atoms with Crippen LogP contribution in [0.5, 0.6) is 0 Å². The van der Waals surface area contributed by atoms with E-state index in [1.54, 1.807) is 0 Å². The lowest BCUT2D eigenvalue weighted by Gasteiger charge is -2.21. The average Bonchev–Trinajstić information content (AvgIpc) is 2.69. The van der Waals surface area contributed by atoms with Crippen LogP contribution in [0.15, 0.2) is 0 Å².